The molecule has 2 aromatic carbocycles. The van der Waals surface area contributed by atoms with Crippen molar-refractivity contribution in [3.63, 3.8) is 0 Å². The lowest BCUT2D eigenvalue weighted by Crippen LogP contribution is -2.13. The number of hydrogen-bond donors (Lipinski definition) is 1. The van der Waals surface area contributed by atoms with E-state index in [9.17, 15) is 9.59 Å². The number of ketones is 1. The molecule has 0 radical (unpaired) electrons. The van der Waals surface area contributed by atoms with E-state index in [0.29, 0.717) is 0 Å². The summed E-state index contributed by atoms with van der Waals surface area (Å²) >= 11 is 0. The van der Waals surface area contributed by atoms with Crippen LogP contribution in [-0.2, 0) is 14.3 Å². The van der Waals surface area contributed by atoms with Crippen LogP contribution in [0.4, 0.5) is 0 Å². The van der Waals surface area contributed by atoms with E-state index in [1.807, 2.05) is 54.6 Å². The Bertz CT molecular complexity index is 952. The standard InChI is InChI=1S/C21H19NO3/c1-3-25-21(24)17(14(2)23)13-18-16-11-7-8-12-19(16)22-20(18)15-9-5-4-6-10-15/h4-13,22H,3H2,1-2H3/b17-13-. The van der Waals surface area contributed by atoms with Crippen LogP contribution in [0.1, 0.15) is 19.4 Å². The van der Waals surface area contributed by atoms with Gasteiger partial charge < -0.3 is 9.72 Å². The molecule has 0 fully saturated rings. The van der Waals surface area contributed by atoms with Gasteiger partial charge in [-0.05, 0) is 31.6 Å². The number of carbonyl (C=O) groups excluding carboxylic acids is 2. The van der Waals surface area contributed by atoms with Crippen molar-refractivity contribution in [3.05, 3.63) is 65.7 Å². The van der Waals surface area contributed by atoms with E-state index >= 15 is 0 Å². The number of fused-ring (bicyclic) bond motifs is 1. The highest BCUT2D eigenvalue weighted by Gasteiger charge is 2.19. The number of ether oxygens (including phenoxy) is 1. The van der Waals surface area contributed by atoms with Crippen LogP contribution < -0.4 is 0 Å². The number of Topliss-reactive ketones (excluding diaryl/α,β-unsaturated/α-hetero) is 1. The smallest absolute Gasteiger partial charge is 0.341 e. The van der Waals surface area contributed by atoms with Gasteiger partial charge in [-0.3, -0.25) is 4.79 Å². The number of rotatable bonds is 5. The van der Waals surface area contributed by atoms with Crippen LogP contribution in [0.15, 0.2) is 60.2 Å². The first-order valence-corrected chi connectivity index (χ1v) is 8.17. The number of benzene rings is 2. The maximum atomic E-state index is 12.2. The third kappa shape index (κ3) is 3.38. The van der Waals surface area contributed by atoms with Crippen molar-refractivity contribution >= 4 is 28.7 Å². The van der Waals surface area contributed by atoms with Gasteiger partial charge in [-0.15, -0.1) is 0 Å². The third-order valence-electron chi connectivity index (χ3n) is 3.97. The number of nitrogens with one attached hydrogen (secondary N) is 1. The number of aromatic amines is 1. The minimum Gasteiger partial charge on any atom is -0.462 e. The molecular formula is C21H19NO3. The molecule has 0 bridgehead atoms. The number of esters is 1. The first-order valence-electron chi connectivity index (χ1n) is 8.17. The maximum absolute atomic E-state index is 12.2. The fraction of sp³-hybridized carbons (Fsp3) is 0.143. The highest BCUT2D eigenvalue weighted by Crippen LogP contribution is 2.32. The molecule has 0 aliphatic rings. The van der Waals surface area contributed by atoms with Crippen LogP contribution in [0.5, 0.6) is 0 Å². The number of H-pyrrole nitrogens is 1. The van der Waals surface area contributed by atoms with E-state index in [4.69, 9.17) is 4.74 Å². The fourth-order valence-corrected chi connectivity index (χ4v) is 2.80. The van der Waals surface area contributed by atoms with Crippen LogP contribution in [0.25, 0.3) is 28.2 Å². The summed E-state index contributed by atoms with van der Waals surface area (Å²) in [6.07, 6.45) is 1.63. The van der Waals surface area contributed by atoms with E-state index in [1.54, 1.807) is 13.0 Å². The Labute approximate surface area is 146 Å². The summed E-state index contributed by atoms with van der Waals surface area (Å²) in [5.41, 5.74) is 3.64. The molecule has 126 valence electrons. The molecule has 25 heavy (non-hydrogen) atoms. The van der Waals surface area contributed by atoms with E-state index < -0.39 is 5.97 Å². The molecule has 4 heteroatoms. The summed E-state index contributed by atoms with van der Waals surface area (Å²) in [6.45, 7) is 3.32. The highest BCUT2D eigenvalue weighted by molar-refractivity contribution is 6.21. The summed E-state index contributed by atoms with van der Waals surface area (Å²) in [5.74, 6) is -0.915. The second kappa shape index (κ2) is 7.18. The average Bonchev–Trinajstić information content (AvgIpc) is 2.99. The summed E-state index contributed by atoms with van der Waals surface area (Å²) in [7, 11) is 0. The fourth-order valence-electron chi connectivity index (χ4n) is 2.80. The molecule has 0 unspecified atom stereocenters. The van der Waals surface area contributed by atoms with Crippen LogP contribution in [0.2, 0.25) is 0 Å². The zero-order chi connectivity index (χ0) is 17.8. The predicted octanol–water partition coefficient (Wildman–Crippen LogP) is 4.37. The monoisotopic (exact) mass is 333 g/mol. The van der Waals surface area contributed by atoms with Crippen molar-refractivity contribution < 1.29 is 14.3 Å². The summed E-state index contributed by atoms with van der Waals surface area (Å²) < 4.78 is 5.03. The Balaban J connectivity index is 2.25. The number of aromatic nitrogens is 1. The minimum atomic E-state index is -0.598. The van der Waals surface area contributed by atoms with Crippen LogP contribution >= 0.6 is 0 Å². The molecule has 0 saturated carbocycles. The van der Waals surface area contributed by atoms with Crippen LogP contribution in [0.3, 0.4) is 0 Å². The molecule has 4 nitrogen and oxygen atoms in total. The van der Waals surface area contributed by atoms with Gasteiger partial charge in [0.05, 0.1) is 12.3 Å². The quantitative estimate of drug-likeness (QED) is 0.326. The van der Waals surface area contributed by atoms with Crippen molar-refractivity contribution in [1.82, 2.24) is 4.98 Å². The largest absolute Gasteiger partial charge is 0.462 e. The second-order valence-electron chi connectivity index (χ2n) is 5.66. The maximum Gasteiger partial charge on any atom is 0.341 e. The van der Waals surface area contributed by atoms with Gasteiger partial charge in [-0.25, -0.2) is 4.79 Å². The van der Waals surface area contributed by atoms with Gasteiger partial charge >= 0.3 is 5.97 Å². The summed E-state index contributed by atoms with van der Waals surface area (Å²) in [4.78, 5) is 27.6. The summed E-state index contributed by atoms with van der Waals surface area (Å²) in [6, 6.07) is 17.6. The highest BCUT2D eigenvalue weighted by atomic mass is 16.5. The number of carbonyl (C=O) groups is 2. The normalized spacial score (nSPS) is 11.5. The van der Waals surface area contributed by atoms with Gasteiger partial charge in [0, 0.05) is 16.5 Å². The zero-order valence-electron chi connectivity index (χ0n) is 14.2. The number of hydrogen-bond acceptors (Lipinski definition) is 3. The van der Waals surface area contributed by atoms with Gasteiger partial charge in [-0.2, -0.15) is 0 Å². The average molecular weight is 333 g/mol. The molecule has 0 aliphatic carbocycles. The Morgan fingerprint density at radius 2 is 1.72 bits per heavy atom. The van der Waals surface area contributed by atoms with E-state index in [1.165, 1.54) is 6.92 Å². The minimum absolute atomic E-state index is 0.0452. The molecule has 0 atom stereocenters. The van der Waals surface area contributed by atoms with Crippen molar-refractivity contribution in [2.75, 3.05) is 6.61 Å². The third-order valence-corrected chi connectivity index (χ3v) is 3.97. The predicted molar refractivity (Wildman–Crippen MR) is 99.0 cm³/mol. The zero-order valence-corrected chi connectivity index (χ0v) is 14.2. The van der Waals surface area contributed by atoms with E-state index in [2.05, 4.69) is 4.98 Å². The summed E-state index contributed by atoms with van der Waals surface area (Å²) in [5, 5.41) is 0.949. The molecule has 0 aliphatic heterocycles. The van der Waals surface area contributed by atoms with E-state index in [0.717, 1.165) is 27.7 Å². The van der Waals surface area contributed by atoms with Crippen LogP contribution in [-0.4, -0.2) is 23.3 Å². The molecule has 0 saturated heterocycles. The SMILES string of the molecule is CCOC(=O)/C(=C\c1c(-c2ccccc2)[nH]c2ccccc12)C(C)=O. The second-order valence-corrected chi connectivity index (χ2v) is 5.66. The van der Waals surface area contributed by atoms with Crippen molar-refractivity contribution in [3.8, 4) is 11.3 Å². The van der Waals surface area contributed by atoms with Gasteiger partial charge in [-0.1, -0.05) is 48.5 Å². The van der Waals surface area contributed by atoms with Gasteiger partial charge in [0.1, 0.15) is 5.57 Å². The molecule has 3 aromatic rings. The van der Waals surface area contributed by atoms with Gasteiger partial charge in [0.2, 0.25) is 0 Å². The first-order chi connectivity index (χ1) is 12.1. The Kier molecular flexibility index (Phi) is 4.80. The lowest BCUT2D eigenvalue weighted by atomic mass is 10.0. The lowest BCUT2D eigenvalue weighted by Gasteiger charge is -2.05. The lowest BCUT2D eigenvalue weighted by molar-refractivity contribution is -0.139. The van der Waals surface area contributed by atoms with Crippen molar-refractivity contribution in [2.45, 2.75) is 13.8 Å². The topological polar surface area (TPSA) is 59.2 Å². The Morgan fingerprint density at radius 3 is 2.40 bits per heavy atom. The van der Waals surface area contributed by atoms with Crippen molar-refractivity contribution in [2.24, 2.45) is 0 Å². The molecular weight excluding hydrogens is 314 g/mol. The van der Waals surface area contributed by atoms with Gasteiger partial charge in [0.15, 0.2) is 5.78 Å². The van der Waals surface area contributed by atoms with Gasteiger partial charge in [0.25, 0.3) is 0 Å². The van der Waals surface area contributed by atoms with Crippen molar-refractivity contribution in [1.29, 1.82) is 0 Å². The molecule has 3 rings (SSSR count). The van der Waals surface area contributed by atoms with Crippen LogP contribution in [0, 0.1) is 0 Å². The number of para-hydroxylation sites is 1. The molecule has 0 spiro atoms. The van der Waals surface area contributed by atoms with E-state index in [-0.39, 0.29) is 18.0 Å². The molecule has 1 heterocycles. The molecule has 1 aromatic heterocycles. The Morgan fingerprint density at radius 1 is 1.04 bits per heavy atom. The first kappa shape index (κ1) is 16.7. The Hall–Kier alpha value is -3.14. The molecule has 0 amide bonds. The molecule has 1 N–H and O–H groups in total.